The highest BCUT2D eigenvalue weighted by atomic mass is 16.6. The van der Waals surface area contributed by atoms with Gasteiger partial charge in [-0.15, -0.1) is 0 Å². The maximum atomic E-state index is 13.3. The SMILES string of the molecule is COc1ccc(OC)c([C@H]2/C(=C(\O)c3ccc4c(c3)OCCO4)C(=O)C(=O)N2CCN(C)C)c1. The number of methoxy groups -OCH3 is 2. The Kier molecular flexibility index (Phi) is 6.65. The van der Waals surface area contributed by atoms with Gasteiger partial charge in [0.05, 0.1) is 25.8 Å². The topological polar surface area (TPSA) is 97.8 Å². The third-order valence-electron chi connectivity index (χ3n) is 5.88. The van der Waals surface area contributed by atoms with Crippen LogP contribution in [0.3, 0.4) is 0 Å². The lowest BCUT2D eigenvalue weighted by atomic mass is 9.94. The molecule has 2 aromatic carbocycles. The van der Waals surface area contributed by atoms with Crippen molar-refractivity contribution in [1.29, 1.82) is 0 Å². The molecule has 0 bridgehead atoms. The van der Waals surface area contributed by atoms with Gasteiger partial charge in [0.15, 0.2) is 11.5 Å². The molecule has 1 amide bonds. The summed E-state index contributed by atoms with van der Waals surface area (Å²) in [7, 11) is 6.81. The van der Waals surface area contributed by atoms with E-state index in [9.17, 15) is 14.7 Å². The fraction of sp³-hybridized carbons (Fsp3) is 0.360. The fourth-order valence-corrected chi connectivity index (χ4v) is 4.14. The minimum absolute atomic E-state index is 0.0213. The number of nitrogens with zero attached hydrogens (tertiary/aromatic N) is 2. The summed E-state index contributed by atoms with van der Waals surface area (Å²) in [4.78, 5) is 29.8. The molecule has 2 aliphatic heterocycles. The number of rotatable bonds is 7. The maximum Gasteiger partial charge on any atom is 0.295 e. The van der Waals surface area contributed by atoms with Gasteiger partial charge in [-0.3, -0.25) is 9.59 Å². The molecule has 2 aromatic rings. The minimum Gasteiger partial charge on any atom is -0.507 e. The molecule has 2 heterocycles. The Hall–Kier alpha value is -3.72. The highest BCUT2D eigenvalue weighted by molar-refractivity contribution is 6.46. The zero-order chi connectivity index (χ0) is 24.4. The molecule has 1 fully saturated rings. The Labute approximate surface area is 198 Å². The van der Waals surface area contributed by atoms with E-state index in [4.69, 9.17) is 18.9 Å². The van der Waals surface area contributed by atoms with Crippen LogP contribution in [0, 0.1) is 0 Å². The van der Waals surface area contributed by atoms with Crippen molar-refractivity contribution in [2.75, 3.05) is 54.6 Å². The molecule has 0 aromatic heterocycles. The second-order valence-electron chi connectivity index (χ2n) is 8.26. The molecule has 0 saturated carbocycles. The van der Waals surface area contributed by atoms with Crippen molar-refractivity contribution >= 4 is 17.4 Å². The standard InChI is InChI=1S/C25H28N2O7/c1-26(2)9-10-27-22(17-14-16(31-3)6-8-18(17)32-4)21(24(29)25(27)30)23(28)15-5-7-19-20(13-15)34-12-11-33-19/h5-8,13-14,22,28H,9-12H2,1-4H3/b23-21+/t22-/m0/s1. The van der Waals surface area contributed by atoms with Gasteiger partial charge in [-0.25, -0.2) is 0 Å². The third-order valence-corrected chi connectivity index (χ3v) is 5.88. The lowest BCUT2D eigenvalue weighted by Gasteiger charge is -2.28. The molecule has 34 heavy (non-hydrogen) atoms. The van der Waals surface area contributed by atoms with Crippen molar-refractivity contribution in [3.8, 4) is 23.0 Å². The molecule has 1 atom stereocenters. The van der Waals surface area contributed by atoms with E-state index in [2.05, 4.69) is 0 Å². The second kappa shape index (κ2) is 9.64. The van der Waals surface area contributed by atoms with Gasteiger partial charge in [0.25, 0.3) is 11.7 Å². The first-order valence-corrected chi connectivity index (χ1v) is 10.9. The van der Waals surface area contributed by atoms with Crippen molar-refractivity contribution in [2.24, 2.45) is 0 Å². The third kappa shape index (κ3) is 4.26. The average Bonchev–Trinajstić information content (AvgIpc) is 3.10. The predicted molar refractivity (Wildman–Crippen MR) is 125 cm³/mol. The summed E-state index contributed by atoms with van der Waals surface area (Å²) in [6.45, 7) is 1.62. The summed E-state index contributed by atoms with van der Waals surface area (Å²) in [5, 5.41) is 11.3. The van der Waals surface area contributed by atoms with E-state index in [1.54, 1.807) is 36.4 Å². The van der Waals surface area contributed by atoms with E-state index in [0.29, 0.717) is 53.9 Å². The molecule has 0 aliphatic carbocycles. The number of likely N-dealkylation sites (tertiary alicyclic amines) is 1. The van der Waals surface area contributed by atoms with Crippen LogP contribution in [0.5, 0.6) is 23.0 Å². The van der Waals surface area contributed by atoms with E-state index in [1.165, 1.54) is 19.1 Å². The van der Waals surface area contributed by atoms with Crippen LogP contribution < -0.4 is 18.9 Å². The van der Waals surface area contributed by atoms with E-state index < -0.39 is 17.7 Å². The van der Waals surface area contributed by atoms with E-state index in [0.717, 1.165) is 0 Å². The Morgan fingerprint density at radius 3 is 2.47 bits per heavy atom. The number of hydrogen-bond acceptors (Lipinski definition) is 8. The first-order chi connectivity index (χ1) is 16.3. The molecule has 4 rings (SSSR count). The van der Waals surface area contributed by atoms with Crippen molar-refractivity contribution in [3.63, 3.8) is 0 Å². The quantitative estimate of drug-likeness (QED) is 0.376. The van der Waals surface area contributed by atoms with Gasteiger partial charge in [-0.2, -0.15) is 0 Å². The van der Waals surface area contributed by atoms with Crippen LogP contribution in [0.25, 0.3) is 5.76 Å². The van der Waals surface area contributed by atoms with E-state index in [-0.39, 0.29) is 17.9 Å². The number of likely N-dealkylation sites (N-methyl/N-ethyl adjacent to an activating group) is 1. The highest BCUT2D eigenvalue weighted by Gasteiger charge is 2.47. The molecule has 2 aliphatic rings. The number of amides is 1. The molecule has 1 saturated heterocycles. The van der Waals surface area contributed by atoms with Crippen LogP contribution in [0.1, 0.15) is 17.2 Å². The molecule has 1 N–H and O–H groups in total. The molecule has 9 heteroatoms. The van der Waals surface area contributed by atoms with Crippen LogP contribution in [-0.2, 0) is 9.59 Å². The van der Waals surface area contributed by atoms with Crippen molar-refractivity contribution in [2.45, 2.75) is 6.04 Å². The van der Waals surface area contributed by atoms with Crippen LogP contribution in [0.15, 0.2) is 42.0 Å². The summed E-state index contributed by atoms with van der Waals surface area (Å²) >= 11 is 0. The lowest BCUT2D eigenvalue weighted by molar-refractivity contribution is -0.140. The first kappa shape index (κ1) is 23.4. The number of ketones is 1. The summed E-state index contributed by atoms with van der Waals surface area (Å²) in [6, 6.07) is 9.21. The molecule has 9 nitrogen and oxygen atoms in total. The zero-order valence-corrected chi connectivity index (χ0v) is 19.7. The largest absolute Gasteiger partial charge is 0.507 e. The van der Waals surface area contributed by atoms with E-state index >= 15 is 0 Å². The Balaban J connectivity index is 1.89. The Morgan fingerprint density at radius 2 is 1.79 bits per heavy atom. The molecular weight excluding hydrogens is 440 g/mol. The number of aliphatic hydroxyl groups is 1. The van der Waals surface area contributed by atoms with Crippen LogP contribution in [0.4, 0.5) is 0 Å². The van der Waals surface area contributed by atoms with Gasteiger partial charge >= 0.3 is 0 Å². The van der Waals surface area contributed by atoms with Gasteiger partial charge in [0, 0.05) is 24.2 Å². The van der Waals surface area contributed by atoms with Crippen molar-refractivity contribution < 1.29 is 33.6 Å². The highest BCUT2D eigenvalue weighted by Crippen LogP contribution is 2.44. The Bertz CT molecular complexity index is 1140. The maximum absolute atomic E-state index is 13.3. The molecule has 0 unspecified atom stereocenters. The number of carbonyl (C=O) groups is 2. The van der Waals surface area contributed by atoms with Crippen LogP contribution >= 0.6 is 0 Å². The monoisotopic (exact) mass is 468 g/mol. The molecule has 180 valence electrons. The fourth-order valence-electron chi connectivity index (χ4n) is 4.14. The molecule has 0 radical (unpaired) electrons. The summed E-state index contributed by atoms with van der Waals surface area (Å²) < 4.78 is 22.1. The number of Topliss-reactive ketones (excluding diaryl/α,β-unsaturated/α-hetero) is 1. The summed E-state index contributed by atoms with van der Waals surface area (Å²) in [5.74, 6) is 0.284. The van der Waals surface area contributed by atoms with Crippen molar-refractivity contribution in [1.82, 2.24) is 9.80 Å². The Morgan fingerprint density at radius 1 is 1.06 bits per heavy atom. The zero-order valence-electron chi connectivity index (χ0n) is 19.7. The number of carbonyl (C=O) groups excluding carboxylic acids is 2. The van der Waals surface area contributed by atoms with Crippen molar-refractivity contribution in [3.05, 3.63) is 53.1 Å². The smallest absolute Gasteiger partial charge is 0.295 e. The number of fused-ring (bicyclic) bond motifs is 1. The number of benzene rings is 2. The summed E-state index contributed by atoms with van der Waals surface area (Å²) in [6.07, 6.45) is 0. The van der Waals surface area contributed by atoms with Gasteiger partial charge in [0.1, 0.15) is 30.5 Å². The van der Waals surface area contributed by atoms with Crippen LogP contribution in [0.2, 0.25) is 0 Å². The number of ether oxygens (including phenoxy) is 4. The first-order valence-electron chi connectivity index (χ1n) is 10.9. The molecule has 0 spiro atoms. The van der Waals surface area contributed by atoms with Gasteiger partial charge in [-0.1, -0.05) is 0 Å². The average molecular weight is 469 g/mol. The van der Waals surface area contributed by atoms with Gasteiger partial charge < -0.3 is 33.9 Å². The second-order valence-corrected chi connectivity index (χ2v) is 8.26. The number of hydrogen-bond donors (Lipinski definition) is 1. The number of aliphatic hydroxyl groups excluding tert-OH is 1. The lowest BCUT2D eigenvalue weighted by Crippen LogP contribution is -2.35. The van der Waals surface area contributed by atoms with Crippen LogP contribution in [-0.4, -0.2) is 81.2 Å². The summed E-state index contributed by atoms with van der Waals surface area (Å²) in [5.41, 5.74) is 0.868. The van der Waals surface area contributed by atoms with Gasteiger partial charge in [0.2, 0.25) is 0 Å². The normalized spacial score (nSPS) is 19.0. The predicted octanol–water partition coefficient (Wildman–Crippen LogP) is 2.46. The minimum atomic E-state index is -0.863. The van der Waals surface area contributed by atoms with Gasteiger partial charge in [-0.05, 0) is 50.5 Å². The molecular formula is C25H28N2O7. The van der Waals surface area contributed by atoms with E-state index in [1.807, 2.05) is 19.0 Å².